The Morgan fingerprint density at radius 1 is 0.750 bits per heavy atom. The first-order valence-electron chi connectivity index (χ1n) is 5.71. The highest BCUT2D eigenvalue weighted by Crippen LogP contribution is 1.94. The van der Waals surface area contributed by atoms with Crippen LogP contribution in [0.1, 0.15) is 0 Å². The molecule has 0 unspecified atom stereocenters. The number of hydrogen-bond donors (Lipinski definition) is 4. The van der Waals surface area contributed by atoms with Crippen LogP contribution in [0.3, 0.4) is 0 Å². The first kappa shape index (κ1) is 18.2. The topological polar surface area (TPSA) is 148 Å². The molecule has 0 saturated carbocycles. The first-order chi connectivity index (χ1) is 9.35. The minimum atomic E-state index is -1.17. The number of nitrogens with zero attached hydrogens (tertiary/aromatic N) is 2. The summed E-state index contributed by atoms with van der Waals surface area (Å²) in [4.78, 5) is 38.2. The van der Waals surface area contributed by atoms with Crippen LogP contribution >= 0.6 is 0 Å². The average Bonchev–Trinajstić information content (AvgIpc) is 2.30. The standard InChI is InChI=1S/C10H18N2O8/c13-8(14)5-11(3-4-20-19)1-2-12(6-9(15)16)7-10(17)18/h19H,1-7H2,(H,13,14)(H,15,16)(H,17,18). The molecule has 0 aliphatic heterocycles. The Morgan fingerprint density at radius 3 is 1.55 bits per heavy atom. The summed E-state index contributed by atoms with van der Waals surface area (Å²) in [6.45, 7) is -1.01. The fourth-order valence-corrected chi connectivity index (χ4v) is 1.51. The van der Waals surface area contributed by atoms with Crippen molar-refractivity contribution in [2.75, 3.05) is 45.9 Å². The van der Waals surface area contributed by atoms with Gasteiger partial charge in [0.25, 0.3) is 0 Å². The molecule has 0 aromatic heterocycles. The zero-order valence-corrected chi connectivity index (χ0v) is 10.8. The average molecular weight is 294 g/mol. The summed E-state index contributed by atoms with van der Waals surface area (Å²) in [5.41, 5.74) is 0. The second-order valence-corrected chi connectivity index (χ2v) is 4.00. The second-order valence-electron chi connectivity index (χ2n) is 4.00. The number of carbonyl (C=O) groups is 3. The van der Waals surface area contributed by atoms with Crippen LogP contribution in [0, 0.1) is 0 Å². The van der Waals surface area contributed by atoms with Crippen molar-refractivity contribution in [2.45, 2.75) is 0 Å². The van der Waals surface area contributed by atoms with Crippen LogP contribution in [0.4, 0.5) is 0 Å². The maximum absolute atomic E-state index is 10.6. The van der Waals surface area contributed by atoms with Crippen LogP contribution in [0.2, 0.25) is 0 Å². The molecule has 0 aromatic rings. The third-order valence-corrected chi connectivity index (χ3v) is 2.31. The van der Waals surface area contributed by atoms with Gasteiger partial charge in [-0.25, -0.2) is 4.89 Å². The van der Waals surface area contributed by atoms with Gasteiger partial charge < -0.3 is 15.3 Å². The van der Waals surface area contributed by atoms with E-state index >= 15 is 0 Å². The summed E-state index contributed by atoms with van der Waals surface area (Å²) in [6, 6.07) is 0. The van der Waals surface area contributed by atoms with E-state index in [0.29, 0.717) is 0 Å². The predicted molar refractivity (Wildman–Crippen MR) is 64.4 cm³/mol. The molecule has 0 saturated heterocycles. The smallest absolute Gasteiger partial charge is 0.317 e. The van der Waals surface area contributed by atoms with E-state index < -0.39 is 31.0 Å². The van der Waals surface area contributed by atoms with Crippen LogP contribution in [-0.4, -0.2) is 94.2 Å². The Balaban J connectivity index is 4.38. The van der Waals surface area contributed by atoms with Crippen molar-refractivity contribution in [3.63, 3.8) is 0 Å². The van der Waals surface area contributed by atoms with Crippen LogP contribution in [0.25, 0.3) is 0 Å². The second kappa shape index (κ2) is 10.1. The molecule has 0 rings (SSSR count). The molecular weight excluding hydrogens is 276 g/mol. The fourth-order valence-electron chi connectivity index (χ4n) is 1.51. The van der Waals surface area contributed by atoms with E-state index in [1.54, 1.807) is 0 Å². The zero-order chi connectivity index (χ0) is 15.5. The summed E-state index contributed by atoms with van der Waals surface area (Å²) in [6.07, 6.45) is 0. The highest BCUT2D eigenvalue weighted by atomic mass is 17.1. The molecule has 4 N–H and O–H groups in total. The molecule has 0 aromatic carbocycles. The van der Waals surface area contributed by atoms with Gasteiger partial charge >= 0.3 is 17.9 Å². The van der Waals surface area contributed by atoms with Crippen molar-refractivity contribution in [3.05, 3.63) is 0 Å². The predicted octanol–water partition coefficient (Wildman–Crippen LogP) is -1.67. The fraction of sp³-hybridized carbons (Fsp3) is 0.700. The summed E-state index contributed by atoms with van der Waals surface area (Å²) in [7, 11) is 0. The minimum absolute atomic E-state index is 0.0668. The molecule has 0 radical (unpaired) electrons. The van der Waals surface area contributed by atoms with Crippen LogP contribution in [0.15, 0.2) is 0 Å². The van der Waals surface area contributed by atoms with E-state index in [-0.39, 0.29) is 32.8 Å². The lowest BCUT2D eigenvalue weighted by molar-refractivity contribution is -0.244. The summed E-state index contributed by atoms with van der Waals surface area (Å²) in [5, 5.41) is 34.2. The highest BCUT2D eigenvalue weighted by Gasteiger charge is 2.16. The molecule has 20 heavy (non-hydrogen) atoms. The lowest BCUT2D eigenvalue weighted by Gasteiger charge is -2.24. The van der Waals surface area contributed by atoms with Gasteiger partial charge in [0.1, 0.15) is 0 Å². The van der Waals surface area contributed by atoms with E-state index in [1.165, 1.54) is 9.80 Å². The van der Waals surface area contributed by atoms with Crippen LogP contribution in [-0.2, 0) is 19.3 Å². The van der Waals surface area contributed by atoms with E-state index in [2.05, 4.69) is 4.89 Å². The Bertz CT molecular complexity index is 319. The molecule has 10 heteroatoms. The van der Waals surface area contributed by atoms with Crippen molar-refractivity contribution < 1.29 is 39.8 Å². The van der Waals surface area contributed by atoms with E-state index in [4.69, 9.17) is 20.6 Å². The number of aliphatic carboxylic acids is 3. The Hall–Kier alpha value is -1.75. The minimum Gasteiger partial charge on any atom is -0.480 e. The summed E-state index contributed by atoms with van der Waals surface area (Å²) < 4.78 is 0. The number of carboxylic acid groups (broad SMARTS) is 3. The largest absolute Gasteiger partial charge is 0.480 e. The van der Waals surface area contributed by atoms with Crippen molar-refractivity contribution in [1.29, 1.82) is 0 Å². The zero-order valence-electron chi connectivity index (χ0n) is 10.8. The monoisotopic (exact) mass is 294 g/mol. The third kappa shape index (κ3) is 10.2. The van der Waals surface area contributed by atoms with Gasteiger partial charge in [-0.1, -0.05) is 0 Å². The highest BCUT2D eigenvalue weighted by molar-refractivity contribution is 5.72. The molecule has 116 valence electrons. The molecule has 0 bridgehead atoms. The van der Waals surface area contributed by atoms with E-state index in [1.807, 2.05) is 0 Å². The van der Waals surface area contributed by atoms with Gasteiger partial charge in [-0.15, -0.1) is 0 Å². The van der Waals surface area contributed by atoms with Gasteiger partial charge in [-0.05, 0) is 0 Å². The molecule has 0 amide bonds. The van der Waals surface area contributed by atoms with Crippen molar-refractivity contribution in [2.24, 2.45) is 0 Å². The molecule has 10 nitrogen and oxygen atoms in total. The maximum atomic E-state index is 10.6. The molecule has 0 aliphatic carbocycles. The summed E-state index contributed by atoms with van der Waals surface area (Å²) in [5.74, 6) is -3.43. The number of rotatable bonds is 12. The molecule has 0 heterocycles. The molecule has 0 atom stereocenters. The summed E-state index contributed by atoms with van der Waals surface area (Å²) >= 11 is 0. The number of hydrogen-bond acceptors (Lipinski definition) is 7. The lowest BCUT2D eigenvalue weighted by atomic mass is 10.4. The van der Waals surface area contributed by atoms with Gasteiger partial charge in [-0.2, -0.15) is 0 Å². The lowest BCUT2D eigenvalue weighted by Crippen LogP contribution is -2.42. The van der Waals surface area contributed by atoms with E-state index in [9.17, 15) is 14.4 Å². The third-order valence-electron chi connectivity index (χ3n) is 2.31. The van der Waals surface area contributed by atoms with E-state index in [0.717, 1.165) is 0 Å². The van der Waals surface area contributed by atoms with Gasteiger partial charge in [0.15, 0.2) is 0 Å². The van der Waals surface area contributed by atoms with Gasteiger partial charge in [0, 0.05) is 19.6 Å². The molecular formula is C10H18N2O8. The normalized spacial score (nSPS) is 10.9. The van der Waals surface area contributed by atoms with Crippen molar-refractivity contribution in [3.8, 4) is 0 Å². The quantitative estimate of drug-likeness (QED) is 0.243. The molecule has 0 fully saturated rings. The van der Waals surface area contributed by atoms with Gasteiger partial charge in [0.2, 0.25) is 0 Å². The Morgan fingerprint density at radius 2 is 1.15 bits per heavy atom. The molecule has 0 spiro atoms. The van der Waals surface area contributed by atoms with Gasteiger partial charge in [-0.3, -0.25) is 29.4 Å². The Kier molecular flexibility index (Phi) is 9.20. The van der Waals surface area contributed by atoms with Crippen molar-refractivity contribution in [1.82, 2.24) is 9.80 Å². The van der Waals surface area contributed by atoms with Crippen LogP contribution < -0.4 is 0 Å². The maximum Gasteiger partial charge on any atom is 0.317 e. The molecule has 0 aliphatic rings. The first-order valence-corrected chi connectivity index (χ1v) is 5.71. The van der Waals surface area contributed by atoms with Gasteiger partial charge in [0.05, 0.1) is 26.2 Å². The van der Waals surface area contributed by atoms with Crippen LogP contribution in [0.5, 0.6) is 0 Å². The Labute approximate surface area is 114 Å². The number of carboxylic acids is 3. The van der Waals surface area contributed by atoms with Crippen molar-refractivity contribution >= 4 is 17.9 Å². The SMILES string of the molecule is O=C(O)CN(CCOO)CCN(CC(=O)O)CC(=O)O.